The van der Waals surface area contributed by atoms with Crippen molar-refractivity contribution in [3.63, 3.8) is 0 Å². The number of carbonyl (C=O) groups is 1. The summed E-state index contributed by atoms with van der Waals surface area (Å²) in [6.07, 6.45) is 1.38. The van der Waals surface area contributed by atoms with E-state index in [1.54, 1.807) is 19.2 Å². The molecule has 0 radical (unpaired) electrons. The van der Waals surface area contributed by atoms with Gasteiger partial charge in [-0.1, -0.05) is 18.2 Å². The minimum atomic E-state index is -3.53. The third-order valence-corrected chi connectivity index (χ3v) is 5.93. The Morgan fingerprint density at radius 3 is 2.69 bits per heavy atom. The molecule has 1 aliphatic heterocycles. The molecule has 1 N–H and O–H groups in total. The summed E-state index contributed by atoms with van der Waals surface area (Å²) in [7, 11) is -1.96. The molecular weight excluding hydrogens is 356 g/mol. The number of rotatable bonds is 5. The zero-order chi connectivity index (χ0) is 18.7. The van der Waals surface area contributed by atoms with Crippen molar-refractivity contribution in [2.45, 2.75) is 17.9 Å². The van der Waals surface area contributed by atoms with Crippen LogP contribution in [0.15, 0.2) is 52.9 Å². The zero-order valence-electron chi connectivity index (χ0n) is 14.1. The average Bonchev–Trinajstić information content (AvgIpc) is 2.76. The lowest BCUT2D eigenvalue weighted by Crippen LogP contribution is -2.08. The van der Waals surface area contributed by atoms with Crippen molar-refractivity contribution in [2.75, 3.05) is 12.9 Å². The van der Waals surface area contributed by atoms with Gasteiger partial charge in [0.1, 0.15) is 18.1 Å². The van der Waals surface area contributed by atoms with Crippen LogP contribution in [0.3, 0.4) is 0 Å². The second-order valence-corrected chi connectivity index (χ2v) is 7.92. The molecule has 6 nitrogen and oxygen atoms in total. The lowest BCUT2D eigenvalue weighted by molar-refractivity contribution is -0.132. The molecule has 7 heteroatoms. The summed E-state index contributed by atoms with van der Waals surface area (Å²) < 4.78 is 35.7. The maximum absolute atomic E-state index is 12.4. The molecule has 0 aliphatic carbocycles. The Bertz CT molecular complexity index is 975. The molecule has 1 heterocycles. The molecule has 0 unspecified atom stereocenters. The topological polar surface area (TPSA) is 89.9 Å². The fourth-order valence-corrected chi connectivity index (χ4v) is 4.24. The number of para-hydroxylation sites is 1. The van der Waals surface area contributed by atoms with E-state index in [-0.39, 0.29) is 29.2 Å². The molecule has 0 spiro atoms. The molecule has 0 saturated carbocycles. The van der Waals surface area contributed by atoms with Crippen molar-refractivity contribution >= 4 is 21.9 Å². The standard InChI is InChI=1S/C19H18O6S/c1-24-17-5-3-2-4-14(17)12-25-16-6-7-18-15(11-16)10-13(19(20)21)8-9-26(18,22)23/h2-7,10-11H,8-9,12H2,1H3,(H,20,21). The monoisotopic (exact) mass is 374 g/mol. The number of ether oxygens (including phenoxy) is 2. The summed E-state index contributed by atoms with van der Waals surface area (Å²) in [6.45, 7) is 0.241. The number of hydrogen-bond acceptors (Lipinski definition) is 5. The molecule has 2 aromatic rings. The van der Waals surface area contributed by atoms with E-state index in [9.17, 15) is 18.3 Å². The summed E-state index contributed by atoms with van der Waals surface area (Å²) >= 11 is 0. The lowest BCUT2D eigenvalue weighted by atomic mass is 10.1. The van der Waals surface area contributed by atoms with Gasteiger partial charge < -0.3 is 14.6 Å². The molecule has 0 bridgehead atoms. The molecule has 0 aromatic heterocycles. The first-order valence-electron chi connectivity index (χ1n) is 7.96. The van der Waals surface area contributed by atoms with E-state index >= 15 is 0 Å². The number of carboxylic acid groups (broad SMARTS) is 1. The first kappa shape index (κ1) is 18.0. The number of methoxy groups -OCH3 is 1. The van der Waals surface area contributed by atoms with Crippen LogP contribution in [0.2, 0.25) is 0 Å². The number of carboxylic acids is 1. The van der Waals surface area contributed by atoms with Crippen molar-refractivity contribution in [3.05, 3.63) is 59.2 Å². The molecule has 3 rings (SSSR count). The third kappa shape index (κ3) is 3.72. The van der Waals surface area contributed by atoms with Crippen LogP contribution in [0.5, 0.6) is 11.5 Å². The third-order valence-electron chi connectivity index (χ3n) is 4.15. The largest absolute Gasteiger partial charge is 0.496 e. The van der Waals surface area contributed by atoms with E-state index in [2.05, 4.69) is 0 Å². The van der Waals surface area contributed by atoms with Crippen LogP contribution in [0.1, 0.15) is 17.5 Å². The van der Waals surface area contributed by atoms with E-state index in [0.717, 1.165) is 5.56 Å². The van der Waals surface area contributed by atoms with Crippen molar-refractivity contribution in [3.8, 4) is 11.5 Å². The number of hydrogen-bond donors (Lipinski definition) is 1. The van der Waals surface area contributed by atoms with E-state index in [4.69, 9.17) is 9.47 Å². The van der Waals surface area contributed by atoms with E-state index in [1.165, 1.54) is 12.1 Å². The summed E-state index contributed by atoms with van der Waals surface area (Å²) in [5.74, 6) is -0.196. The first-order valence-corrected chi connectivity index (χ1v) is 9.61. The molecule has 0 amide bonds. The van der Waals surface area contributed by atoms with Gasteiger partial charge >= 0.3 is 5.97 Å². The Labute approximate surface area is 151 Å². The molecule has 0 saturated heterocycles. The van der Waals surface area contributed by atoms with Gasteiger partial charge in [-0.25, -0.2) is 13.2 Å². The molecule has 0 atom stereocenters. The summed E-state index contributed by atoms with van der Waals surface area (Å²) in [4.78, 5) is 11.4. The highest BCUT2D eigenvalue weighted by molar-refractivity contribution is 7.91. The van der Waals surface area contributed by atoms with Gasteiger partial charge in [-0.3, -0.25) is 0 Å². The molecule has 26 heavy (non-hydrogen) atoms. The number of fused-ring (bicyclic) bond motifs is 1. The van der Waals surface area contributed by atoms with Gasteiger partial charge in [-0.2, -0.15) is 0 Å². The maximum atomic E-state index is 12.4. The predicted molar refractivity (Wildman–Crippen MR) is 96.1 cm³/mol. The quantitative estimate of drug-likeness (QED) is 0.865. The van der Waals surface area contributed by atoms with E-state index in [0.29, 0.717) is 17.1 Å². The molecular formula is C19H18O6S. The number of aliphatic carboxylic acids is 1. The Morgan fingerprint density at radius 2 is 1.96 bits per heavy atom. The van der Waals surface area contributed by atoms with Crippen LogP contribution in [-0.2, 0) is 21.2 Å². The summed E-state index contributed by atoms with van der Waals surface area (Å²) in [6, 6.07) is 12.0. The maximum Gasteiger partial charge on any atom is 0.331 e. The van der Waals surface area contributed by atoms with Crippen LogP contribution in [0.4, 0.5) is 0 Å². The van der Waals surface area contributed by atoms with E-state index < -0.39 is 15.8 Å². The highest BCUT2D eigenvalue weighted by Crippen LogP contribution is 2.30. The normalized spacial score (nSPS) is 15.3. The second kappa shape index (κ2) is 7.21. The van der Waals surface area contributed by atoms with E-state index in [1.807, 2.05) is 24.3 Å². The summed E-state index contributed by atoms with van der Waals surface area (Å²) in [5.41, 5.74) is 1.24. The highest BCUT2D eigenvalue weighted by Gasteiger charge is 2.24. The lowest BCUT2D eigenvalue weighted by Gasteiger charge is -2.12. The van der Waals surface area contributed by atoms with Crippen LogP contribution in [0.25, 0.3) is 6.08 Å². The summed E-state index contributed by atoms with van der Waals surface area (Å²) in [5, 5.41) is 9.23. The van der Waals surface area contributed by atoms with Gasteiger partial charge in [0.15, 0.2) is 9.84 Å². The molecule has 0 fully saturated rings. The predicted octanol–water partition coefficient (Wildman–Crippen LogP) is 2.92. The highest BCUT2D eigenvalue weighted by atomic mass is 32.2. The van der Waals surface area contributed by atoms with Crippen molar-refractivity contribution in [2.24, 2.45) is 0 Å². The minimum Gasteiger partial charge on any atom is -0.496 e. The minimum absolute atomic E-state index is 0.0241. The van der Waals surface area contributed by atoms with Gasteiger partial charge in [-0.05, 0) is 42.3 Å². The Kier molecular flexibility index (Phi) is 4.99. The number of benzene rings is 2. The van der Waals surface area contributed by atoms with Crippen molar-refractivity contribution in [1.82, 2.24) is 0 Å². The number of sulfone groups is 1. The molecule has 136 valence electrons. The average molecular weight is 374 g/mol. The molecule has 2 aromatic carbocycles. The van der Waals surface area contributed by atoms with Crippen molar-refractivity contribution in [1.29, 1.82) is 0 Å². The zero-order valence-corrected chi connectivity index (χ0v) is 15.0. The van der Waals surface area contributed by atoms with Gasteiger partial charge in [-0.15, -0.1) is 0 Å². The van der Waals surface area contributed by atoms with Gasteiger partial charge in [0, 0.05) is 11.1 Å². The van der Waals surface area contributed by atoms with Crippen LogP contribution in [-0.4, -0.2) is 32.4 Å². The Morgan fingerprint density at radius 1 is 1.19 bits per heavy atom. The van der Waals surface area contributed by atoms with Crippen molar-refractivity contribution < 1.29 is 27.8 Å². The van der Waals surface area contributed by atoms with Gasteiger partial charge in [0.2, 0.25) is 0 Å². The first-order chi connectivity index (χ1) is 12.4. The Hall–Kier alpha value is -2.80. The smallest absolute Gasteiger partial charge is 0.331 e. The van der Waals surface area contributed by atoms with Crippen LogP contribution in [0, 0.1) is 0 Å². The SMILES string of the molecule is COc1ccccc1COc1ccc2c(c1)C=C(C(=O)O)CCS2(=O)=O. The second-order valence-electron chi connectivity index (χ2n) is 5.84. The fraction of sp³-hybridized carbons (Fsp3) is 0.211. The van der Waals surface area contributed by atoms with Gasteiger partial charge in [0.05, 0.1) is 17.8 Å². The fourth-order valence-electron chi connectivity index (χ4n) is 2.78. The van der Waals surface area contributed by atoms with Gasteiger partial charge in [0.25, 0.3) is 0 Å². The Balaban J connectivity index is 1.92. The van der Waals surface area contributed by atoms with Crippen LogP contribution < -0.4 is 9.47 Å². The molecule has 1 aliphatic rings. The van der Waals surface area contributed by atoms with Crippen LogP contribution >= 0.6 is 0 Å².